The average molecular weight is 207 g/mol. The Kier molecular flexibility index (Phi) is 4.63. The molecular formula is C13H21NO. The summed E-state index contributed by atoms with van der Waals surface area (Å²) in [7, 11) is 0. The molecular weight excluding hydrogens is 186 g/mol. The lowest BCUT2D eigenvalue weighted by atomic mass is 10.1. The van der Waals surface area contributed by atoms with Gasteiger partial charge in [-0.25, -0.2) is 0 Å². The molecule has 84 valence electrons. The third-order valence-electron chi connectivity index (χ3n) is 2.39. The van der Waals surface area contributed by atoms with Crippen molar-refractivity contribution < 1.29 is 4.74 Å². The number of ether oxygens (including phenoxy) is 1. The first-order valence-electron chi connectivity index (χ1n) is 5.63. The van der Waals surface area contributed by atoms with E-state index in [2.05, 4.69) is 19.9 Å². The molecule has 15 heavy (non-hydrogen) atoms. The molecule has 0 aliphatic rings. The molecule has 0 aromatic heterocycles. The van der Waals surface area contributed by atoms with Gasteiger partial charge >= 0.3 is 0 Å². The molecule has 1 aromatic rings. The number of nitrogens with two attached hydrogens (primary N) is 1. The molecule has 0 fully saturated rings. The Balaban J connectivity index is 2.63. The van der Waals surface area contributed by atoms with Gasteiger partial charge in [0.1, 0.15) is 5.75 Å². The van der Waals surface area contributed by atoms with Crippen molar-refractivity contribution in [3.63, 3.8) is 0 Å². The minimum Gasteiger partial charge on any atom is -0.490 e. The summed E-state index contributed by atoms with van der Waals surface area (Å²) in [5.41, 5.74) is 7.00. The molecule has 2 heteroatoms. The van der Waals surface area contributed by atoms with Crippen LogP contribution < -0.4 is 10.5 Å². The van der Waals surface area contributed by atoms with Crippen LogP contribution in [0, 0.1) is 0 Å². The van der Waals surface area contributed by atoms with Crippen LogP contribution in [0.4, 0.5) is 0 Å². The van der Waals surface area contributed by atoms with E-state index in [1.54, 1.807) is 0 Å². The fraction of sp³-hybridized carbons (Fsp3) is 0.538. The Morgan fingerprint density at radius 2 is 1.93 bits per heavy atom. The van der Waals surface area contributed by atoms with Crippen molar-refractivity contribution in [3.05, 3.63) is 29.8 Å². The first-order valence-corrected chi connectivity index (χ1v) is 5.63. The molecule has 1 rings (SSSR count). The van der Waals surface area contributed by atoms with Gasteiger partial charge in [0.25, 0.3) is 0 Å². The molecule has 0 radical (unpaired) electrons. The number of hydrogen-bond donors (Lipinski definition) is 1. The fourth-order valence-corrected chi connectivity index (χ4v) is 1.70. The second-order valence-electron chi connectivity index (χ2n) is 4.10. The molecule has 0 aliphatic heterocycles. The van der Waals surface area contributed by atoms with Gasteiger partial charge < -0.3 is 10.5 Å². The summed E-state index contributed by atoms with van der Waals surface area (Å²) >= 11 is 0. The SMILES string of the molecule is CCc1ccccc1OC(C)CC(C)N. The molecule has 1 aromatic carbocycles. The summed E-state index contributed by atoms with van der Waals surface area (Å²) in [4.78, 5) is 0. The summed E-state index contributed by atoms with van der Waals surface area (Å²) in [6, 6.07) is 8.37. The molecule has 2 atom stereocenters. The predicted octanol–water partition coefficient (Wildman–Crippen LogP) is 2.75. The van der Waals surface area contributed by atoms with E-state index in [4.69, 9.17) is 10.5 Å². The lowest BCUT2D eigenvalue weighted by Crippen LogP contribution is -2.24. The molecule has 0 saturated heterocycles. The van der Waals surface area contributed by atoms with Gasteiger partial charge in [0.05, 0.1) is 6.10 Å². The van der Waals surface area contributed by atoms with E-state index in [1.165, 1.54) is 5.56 Å². The largest absolute Gasteiger partial charge is 0.490 e. The third-order valence-corrected chi connectivity index (χ3v) is 2.39. The van der Waals surface area contributed by atoms with E-state index >= 15 is 0 Å². The van der Waals surface area contributed by atoms with E-state index < -0.39 is 0 Å². The maximum atomic E-state index is 5.87. The topological polar surface area (TPSA) is 35.2 Å². The van der Waals surface area contributed by atoms with Gasteiger partial charge in [0.2, 0.25) is 0 Å². The zero-order valence-corrected chi connectivity index (χ0v) is 9.86. The summed E-state index contributed by atoms with van der Waals surface area (Å²) in [6.07, 6.45) is 2.07. The van der Waals surface area contributed by atoms with Crippen LogP contribution in [-0.4, -0.2) is 12.1 Å². The average Bonchev–Trinajstić information content (AvgIpc) is 2.17. The third kappa shape index (κ3) is 3.92. The maximum absolute atomic E-state index is 5.87. The first-order chi connectivity index (χ1) is 7.13. The molecule has 0 aliphatic carbocycles. The van der Waals surface area contributed by atoms with Crippen molar-refractivity contribution in [1.29, 1.82) is 0 Å². The summed E-state index contributed by atoms with van der Waals surface area (Å²) in [5, 5.41) is 0. The van der Waals surface area contributed by atoms with Crippen LogP contribution in [-0.2, 0) is 6.42 Å². The van der Waals surface area contributed by atoms with Crippen molar-refractivity contribution in [2.45, 2.75) is 45.8 Å². The van der Waals surface area contributed by atoms with Crippen molar-refractivity contribution in [2.75, 3.05) is 0 Å². The van der Waals surface area contributed by atoms with Gasteiger partial charge in [-0.15, -0.1) is 0 Å². The van der Waals surface area contributed by atoms with Crippen LogP contribution in [0.3, 0.4) is 0 Å². The highest BCUT2D eigenvalue weighted by molar-refractivity contribution is 5.33. The van der Waals surface area contributed by atoms with E-state index in [1.807, 2.05) is 25.1 Å². The summed E-state index contributed by atoms with van der Waals surface area (Å²) < 4.78 is 5.87. The standard InChI is InChI=1S/C13H21NO/c1-4-12-7-5-6-8-13(12)15-11(3)9-10(2)14/h5-8,10-11H,4,9,14H2,1-3H3. The van der Waals surface area contributed by atoms with Crippen molar-refractivity contribution in [3.8, 4) is 5.75 Å². The van der Waals surface area contributed by atoms with Crippen LogP contribution in [0.25, 0.3) is 0 Å². The molecule has 0 saturated carbocycles. The van der Waals surface area contributed by atoms with E-state index in [0.29, 0.717) is 0 Å². The van der Waals surface area contributed by atoms with Gasteiger partial charge in [0.15, 0.2) is 0 Å². The molecule has 2 N–H and O–H groups in total. The number of aryl methyl sites for hydroxylation is 1. The van der Waals surface area contributed by atoms with Crippen LogP contribution in [0.2, 0.25) is 0 Å². The second kappa shape index (κ2) is 5.76. The zero-order valence-electron chi connectivity index (χ0n) is 9.86. The zero-order chi connectivity index (χ0) is 11.3. The lowest BCUT2D eigenvalue weighted by Gasteiger charge is -2.18. The van der Waals surface area contributed by atoms with Crippen LogP contribution in [0.1, 0.15) is 32.8 Å². The Hall–Kier alpha value is -1.02. The van der Waals surface area contributed by atoms with E-state index in [9.17, 15) is 0 Å². The lowest BCUT2D eigenvalue weighted by molar-refractivity contribution is 0.201. The first kappa shape index (κ1) is 12.1. The Bertz CT molecular complexity index is 296. The molecule has 0 heterocycles. The predicted molar refractivity (Wildman–Crippen MR) is 64.2 cm³/mol. The van der Waals surface area contributed by atoms with E-state index in [0.717, 1.165) is 18.6 Å². The van der Waals surface area contributed by atoms with Crippen molar-refractivity contribution in [1.82, 2.24) is 0 Å². The van der Waals surface area contributed by atoms with Crippen molar-refractivity contribution in [2.24, 2.45) is 5.73 Å². The number of hydrogen-bond acceptors (Lipinski definition) is 2. The monoisotopic (exact) mass is 207 g/mol. The van der Waals surface area contributed by atoms with Gasteiger partial charge in [-0.05, 0) is 38.3 Å². The molecule has 2 unspecified atom stereocenters. The Labute approximate surface area is 92.4 Å². The molecule has 0 spiro atoms. The van der Waals surface area contributed by atoms with Crippen molar-refractivity contribution >= 4 is 0 Å². The number of benzene rings is 1. The quantitative estimate of drug-likeness (QED) is 0.805. The smallest absolute Gasteiger partial charge is 0.122 e. The highest BCUT2D eigenvalue weighted by atomic mass is 16.5. The van der Waals surface area contributed by atoms with Crippen LogP contribution in [0.15, 0.2) is 24.3 Å². The highest BCUT2D eigenvalue weighted by Gasteiger charge is 2.08. The minimum absolute atomic E-state index is 0.178. The Morgan fingerprint density at radius 3 is 2.53 bits per heavy atom. The van der Waals surface area contributed by atoms with Gasteiger partial charge in [0, 0.05) is 6.04 Å². The van der Waals surface area contributed by atoms with Crippen LogP contribution in [0.5, 0.6) is 5.75 Å². The van der Waals surface area contributed by atoms with Gasteiger partial charge in [-0.2, -0.15) is 0 Å². The highest BCUT2D eigenvalue weighted by Crippen LogP contribution is 2.20. The normalized spacial score (nSPS) is 14.7. The van der Waals surface area contributed by atoms with Gasteiger partial charge in [-0.1, -0.05) is 25.1 Å². The van der Waals surface area contributed by atoms with Gasteiger partial charge in [-0.3, -0.25) is 0 Å². The summed E-state index contributed by atoms with van der Waals surface area (Å²) in [6.45, 7) is 6.21. The van der Waals surface area contributed by atoms with E-state index in [-0.39, 0.29) is 12.1 Å². The molecule has 0 bridgehead atoms. The van der Waals surface area contributed by atoms with Crippen LogP contribution >= 0.6 is 0 Å². The molecule has 2 nitrogen and oxygen atoms in total. The Morgan fingerprint density at radius 1 is 1.27 bits per heavy atom. The maximum Gasteiger partial charge on any atom is 0.122 e. The fourth-order valence-electron chi connectivity index (χ4n) is 1.70. The molecule has 0 amide bonds. The number of para-hydroxylation sites is 1. The number of rotatable bonds is 5. The minimum atomic E-state index is 0.178. The second-order valence-corrected chi connectivity index (χ2v) is 4.10. The summed E-state index contributed by atoms with van der Waals surface area (Å²) in [5.74, 6) is 0.994.